The first kappa shape index (κ1) is 21.7. The summed E-state index contributed by atoms with van der Waals surface area (Å²) in [5, 5.41) is 11.0. The van der Waals surface area contributed by atoms with Crippen LogP contribution in [0.2, 0.25) is 0 Å². The van der Waals surface area contributed by atoms with Crippen molar-refractivity contribution in [2.24, 2.45) is 16.7 Å². The molecule has 2 aliphatic rings. The second kappa shape index (κ2) is 7.08. The average Bonchev–Trinajstić information content (AvgIpc) is 2.46. The Bertz CT molecular complexity index is 624. The second-order valence-corrected chi connectivity index (χ2v) is 9.15. The van der Waals surface area contributed by atoms with Crippen molar-refractivity contribution in [3.63, 3.8) is 0 Å². The van der Waals surface area contributed by atoms with Gasteiger partial charge in [-0.2, -0.15) is 0 Å². The number of rotatable bonds is 3. The Morgan fingerprint density at radius 3 is 1.89 bits per heavy atom. The van der Waals surface area contributed by atoms with Crippen LogP contribution >= 0.6 is 0 Å². The standard InChI is InChI=1S/C20H32O7/c1-11(21)25-14-10-19(6)15(18(4,5)16(14)26-12(2)22)8-9-20(7,24)17(19)27-13(3)23/h14-17,24H,8-10H2,1-7H3/t14-,15+,16+,17-,19+,20+/m1/s1. The molecule has 0 heterocycles. The number of carbonyl (C=O) groups is 3. The van der Waals surface area contributed by atoms with E-state index in [9.17, 15) is 19.5 Å². The lowest BCUT2D eigenvalue weighted by Gasteiger charge is -2.62. The summed E-state index contributed by atoms with van der Waals surface area (Å²) in [6.07, 6.45) is -0.588. The predicted octanol–water partition coefficient (Wildman–Crippen LogP) is 2.38. The van der Waals surface area contributed by atoms with E-state index < -0.39 is 52.7 Å². The number of esters is 3. The van der Waals surface area contributed by atoms with Gasteiger partial charge in [0.25, 0.3) is 0 Å². The first-order chi connectivity index (χ1) is 12.2. The van der Waals surface area contributed by atoms with Crippen LogP contribution in [-0.4, -0.2) is 46.9 Å². The van der Waals surface area contributed by atoms with Crippen LogP contribution in [0.3, 0.4) is 0 Å². The summed E-state index contributed by atoms with van der Waals surface area (Å²) in [4.78, 5) is 35.2. The van der Waals surface area contributed by atoms with Gasteiger partial charge in [-0.05, 0) is 32.1 Å². The topological polar surface area (TPSA) is 99.1 Å². The summed E-state index contributed by atoms with van der Waals surface area (Å²) in [5.41, 5.74) is -2.39. The molecule has 0 aromatic heterocycles. The molecule has 2 fully saturated rings. The van der Waals surface area contributed by atoms with Gasteiger partial charge in [0.1, 0.15) is 18.3 Å². The van der Waals surface area contributed by atoms with E-state index >= 15 is 0 Å². The molecule has 27 heavy (non-hydrogen) atoms. The van der Waals surface area contributed by atoms with Gasteiger partial charge in [0.15, 0.2) is 0 Å². The molecule has 0 radical (unpaired) electrons. The number of ether oxygens (including phenoxy) is 3. The van der Waals surface area contributed by atoms with E-state index in [4.69, 9.17) is 14.2 Å². The zero-order chi connectivity index (χ0) is 20.8. The highest BCUT2D eigenvalue weighted by Crippen LogP contribution is 2.61. The first-order valence-corrected chi connectivity index (χ1v) is 9.46. The van der Waals surface area contributed by atoms with Crippen LogP contribution in [0.15, 0.2) is 0 Å². The van der Waals surface area contributed by atoms with Gasteiger partial charge in [-0.3, -0.25) is 14.4 Å². The number of fused-ring (bicyclic) bond motifs is 1. The van der Waals surface area contributed by atoms with Crippen LogP contribution in [0, 0.1) is 16.7 Å². The number of carbonyl (C=O) groups excluding carboxylic acids is 3. The Morgan fingerprint density at radius 1 is 0.889 bits per heavy atom. The van der Waals surface area contributed by atoms with E-state index in [0.717, 1.165) is 0 Å². The van der Waals surface area contributed by atoms with Gasteiger partial charge in [0.2, 0.25) is 0 Å². The largest absolute Gasteiger partial charge is 0.459 e. The van der Waals surface area contributed by atoms with E-state index in [2.05, 4.69) is 0 Å². The maximum absolute atomic E-state index is 11.8. The smallest absolute Gasteiger partial charge is 0.303 e. The average molecular weight is 384 g/mol. The fraction of sp³-hybridized carbons (Fsp3) is 0.850. The molecule has 6 atom stereocenters. The van der Waals surface area contributed by atoms with Gasteiger partial charge in [-0.15, -0.1) is 0 Å². The van der Waals surface area contributed by atoms with Crippen molar-refractivity contribution in [2.45, 2.75) is 91.6 Å². The summed E-state index contributed by atoms with van der Waals surface area (Å²) < 4.78 is 16.7. The van der Waals surface area contributed by atoms with E-state index in [1.807, 2.05) is 20.8 Å². The maximum Gasteiger partial charge on any atom is 0.303 e. The fourth-order valence-electron chi connectivity index (χ4n) is 5.63. The van der Waals surface area contributed by atoms with Crippen LogP contribution < -0.4 is 0 Å². The molecule has 0 aromatic carbocycles. The quantitative estimate of drug-likeness (QED) is 0.589. The lowest BCUT2D eigenvalue weighted by Crippen LogP contribution is -2.68. The van der Waals surface area contributed by atoms with E-state index in [1.54, 1.807) is 6.92 Å². The maximum atomic E-state index is 11.8. The van der Waals surface area contributed by atoms with Gasteiger partial charge in [-0.25, -0.2) is 0 Å². The zero-order valence-electron chi connectivity index (χ0n) is 17.3. The molecule has 1 N–H and O–H groups in total. The molecule has 0 bridgehead atoms. The van der Waals surface area contributed by atoms with Crippen molar-refractivity contribution in [1.82, 2.24) is 0 Å². The Labute approximate surface area is 160 Å². The van der Waals surface area contributed by atoms with E-state index in [0.29, 0.717) is 19.3 Å². The van der Waals surface area contributed by atoms with Crippen molar-refractivity contribution in [3.8, 4) is 0 Å². The van der Waals surface area contributed by atoms with Gasteiger partial charge in [0.05, 0.1) is 5.60 Å². The molecular weight excluding hydrogens is 352 g/mol. The SMILES string of the molecule is CC(=O)O[C@@H]1[C@@]2(C)C[C@@H](OC(C)=O)[C@H](OC(C)=O)C(C)(C)[C@@H]2CC[C@]1(C)O. The minimum atomic E-state index is -1.19. The van der Waals surface area contributed by atoms with Crippen LogP contribution in [0.1, 0.15) is 67.7 Å². The third-order valence-electron chi connectivity index (χ3n) is 6.40. The van der Waals surface area contributed by atoms with Crippen molar-refractivity contribution in [1.29, 1.82) is 0 Å². The highest BCUT2D eigenvalue weighted by Gasteiger charge is 2.65. The molecule has 2 saturated carbocycles. The normalized spacial score (nSPS) is 40.4. The molecule has 0 unspecified atom stereocenters. The van der Waals surface area contributed by atoms with Crippen molar-refractivity contribution < 1.29 is 33.7 Å². The van der Waals surface area contributed by atoms with Crippen LogP contribution in [-0.2, 0) is 28.6 Å². The van der Waals surface area contributed by atoms with Crippen LogP contribution in [0.5, 0.6) is 0 Å². The van der Waals surface area contributed by atoms with Gasteiger partial charge in [-0.1, -0.05) is 20.8 Å². The minimum absolute atomic E-state index is 0.00858. The van der Waals surface area contributed by atoms with Crippen LogP contribution in [0.25, 0.3) is 0 Å². The third kappa shape index (κ3) is 3.98. The second-order valence-electron chi connectivity index (χ2n) is 9.15. The molecule has 0 aromatic rings. The highest BCUT2D eigenvalue weighted by molar-refractivity contribution is 5.68. The number of hydrogen-bond donors (Lipinski definition) is 1. The monoisotopic (exact) mass is 384 g/mol. The highest BCUT2D eigenvalue weighted by atomic mass is 16.6. The van der Waals surface area contributed by atoms with Gasteiger partial charge >= 0.3 is 17.9 Å². The Kier molecular flexibility index (Phi) is 5.68. The first-order valence-electron chi connectivity index (χ1n) is 9.46. The Balaban J connectivity index is 2.53. The molecule has 2 rings (SSSR count). The molecule has 0 amide bonds. The molecule has 7 heteroatoms. The fourth-order valence-corrected chi connectivity index (χ4v) is 5.63. The number of aliphatic hydroxyl groups is 1. The lowest BCUT2D eigenvalue weighted by atomic mass is 9.47. The molecule has 7 nitrogen and oxygen atoms in total. The third-order valence-corrected chi connectivity index (χ3v) is 6.40. The minimum Gasteiger partial charge on any atom is -0.459 e. The zero-order valence-corrected chi connectivity index (χ0v) is 17.3. The molecule has 0 aliphatic heterocycles. The van der Waals surface area contributed by atoms with Crippen molar-refractivity contribution in [3.05, 3.63) is 0 Å². The summed E-state index contributed by atoms with van der Waals surface area (Å²) in [6.45, 7) is 11.6. The molecule has 0 saturated heterocycles. The Hall–Kier alpha value is -1.63. The van der Waals surface area contributed by atoms with Crippen molar-refractivity contribution in [2.75, 3.05) is 0 Å². The molecular formula is C20H32O7. The van der Waals surface area contributed by atoms with Gasteiger partial charge < -0.3 is 19.3 Å². The number of hydrogen-bond acceptors (Lipinski definition) is 7. The molecule has 154 valence electrons. The Morgan fingerprint density at radius 2 is 1.41 bits per heavy atom. The van der Waals surface area contributed by atoms with Gasteiger partial charge in [0, 0.05) is 31.6 Å². The van der Waals surface area contributed by atoms with Crippen LogP contribution in [0.4, 0.5) is 0 Å². The van der Waals surface area contributed by atoms with E-state index in [1.165, 1.54) is 20.8 Å². The molecule has 0 spiro atoms. The lowest BCUT2D eigenvalue weighted by molar-refractivity contribution is -0.260. The summed E-state index contributed by atoms with van der Waals surface area (Å²) in [7, 11) is 0. The predicted molar refractivity (Wildman–Crippen MR) is 96.5 cm³/mol. The van der Waals surface area contributed by atoms with Crippen molar-refractivity contribution >= 4 is 17.9 Å². The molecule has 2 aliphatic carbocycles. The summed E-state index contributed by atoms with van der Waals surface area (Å²) in [6, 6.07) is 0. The summed E-state index contributed by atoms with van der Waals surface area (Å²) >= 11 is 0. The van der Waals surface area contributed by atoms with E-state index in [-0.39, 0.29) is 5.92 Å². The summed E-state index contributed by atoms with van der Waals surface area (Å²) in [5.74, 6) is -1.38.